The van der Waals surface area contributed by atoms with Crippen molar-refractivity contribution in [2.24, 2.45) is 5.92 Å². The summed E-state index contributed by atoms with van der Waals surface area (Å²) < 4.78 is 5.32. The number of hydrogen-bond acceptors (Lipinski definition) is 3. The first kappa shape index (κ1) is 12.7. The predicted octanol–water partition coefficient (Wildman–Crippen LogP) is 2.63. The molecule has 1 heterocycles. The minimum absolute atomic E-state index is 0.119. The molecule has 18 heavy (non-hydrogen) atoms. The number of carbonyl (C=O) groups excluding carboxylic acids is 1. The maximum atomic E-state index is 11.4. The molecule has 0 aromatic heterocycles. The minimum Gasteiger partial charge on any atom is -0.452 e. The Labute approximate surface area is 108 Å². The number of benzene rings is 1. The summed E-state index contributed by atoms with van der Waals surface area (Å²) in [6.45, 7) is 4.92. The molecular formula is C15H19NO2. The summed E-state index contributed by atoms with van der Waals surface area (Å²) in [5, 5.41) is 3.31. The Morgan fingerprint density at radius 1 is 1.33 bits per heavy atom. The van der Waals surface area contributed by atoms with E-state index in [1.807, 2.05) is 18.2 Å². The molecule has 3 heteroatoms. The maximum Gasteiger partial charge on any atom is 0.333 e. The van der Waals surface area contributed by atoms with Crippen LogP contribution in [0.4, 0.5) is 0 Å². The van der Waals surface area contributed by atoms with Crippen LogP contribution in [0.2, 0.25) is 0 Å². The molecule has 1 unspecified atom stereocenters. The Bertz CT molecular complexity index is 439. The molecule has 0 fully saturated rings. The molecule has 0 saturated heterocycles. The standard InChI is InChI=1S/C15H19NO2/c1-3-11(2)15-13(9-14(17)18-15)16-10-12-7-5-4-6-8-12/h4-9,11,15-16H,3,10H2,1-2H3/t11?,15-/m1/s1. The van der Waals surface area contributed by atoms with Gasteiger partial charge in [0.1, 0.15) is 6.10 Å². The third kappa shape index (κ3) is 2.92. The van der Waals surface area contributed by atoms with Crippen LogP contribution in [0.15, 0.2) is 42.1 Å². The van der Waals surface area contributed by atoms with Gasteiger partial charge < -0.3 is 10.1 Å². The highest BCUT2D eigenvalue weighted by Gasteiger charge is 2.29. The summed E-state index contributed by atoms with van der Waals surface area (Å²) in [5.41, 5.74) is 2.10. The first-order chi connectivity index (χ1) is 8.70. The van der Waals surface area contributed by atoms with E-state index < -0.39 is 0 Å². The van der Waals surface area contributed by atoms with Crippen LogP contribution in [0, 0.1) is 5.92 Å². The second kappa shape index (κ2) is 5.71. The van der Waals surface area contributed by atoms with E-state index >= 15 is 0 Å². The number of hydrogen-bond donors (Lipinski definition) is 1. The van der Waals surface area contributed by atoms with E-state index in [0.717, 1.165) is 18.7 Å². The van der Waals surface area contributed by atoms with Crippen molar-refractivity contribution < 1.29 is 9.53 Å². The normalized spacial score (nSPS) is 20.2. The van der Waals surface area contributed by atoms with Gasteiger partial charge in [0.25, 0.3) is 0 Å². The predicted molar refractivity (Wildman–Crippen MR) is 70.7 cm³/mol. The lowest BCUT2D eigenvalue weighted by molar-refractivity contribution is -0.140. The smallest absolute Gasteiger partial charge is 0.333 e. The third-order valence-electron chi connectivity index (χ3n) is 3.32. The van der Waals surface area contributed by atoms with Gasteiger partial charge in [-0.1, -0.05) is 44.2 Å². The fourth-order valence-corrected chi connectivity index (χ4v) is 2.02. The quantitative estimate of drug-likeness (QED) is 0.810. The SMILES string of the molecule is CCC(C)[C@H]1OC(=O)C=C1NCc1ccccc1. The highest BCUT2D eigenvalue weighted by atomic mass is 16.5. The molecule has 0 aliphatic carbocycles. The van der Waals surface area contributed by atoms with E-state index in [4.69, 9.17) is 4.74 Å². The second-order valence-corrected chi connectivity index (χ2v) is 4.68. The van der Waals surface area contributed by atoms with Crippen molar-refractivity contribution in [3.8, 4) is 0 Å². The molecule has 1 aromatic carbocycles. The van der Waals surface area contributed by atoms with Gasteiger partial charge in [-0.15, -0.1) is 0 Å². The first-order valence-electron chi connectivity index (χ1n) is 6.40. The summed E-state index contributed by atoms with van der Waals surface area (Å²) in [4.78, 5) is 11.4. The van der Waals surface area contributed by atoms with E-state index in [1.54, 1.807) is 6.08 Å². The van der Waals surface area contributed by atoms with Crippen molar-refractivity contribution in [2.75, 3.05) is 0 Å². The van der Waals surface area contributed by atoms with Crippen molar-refractivity contribution in [1.29, 1.82) is 0 Å². The number of nitrogens with one attached hydrogen (secondary N) is 1. The molecule has 0 bridgehead atoms. The Morgan fingerprint density at radius 3 is 2.72 bits per heavy atom. The summed E-state index contributed by atoms with van der Waals surface area (Å²) in [6, 6.07) is 10.1. The van der Waals surface area contributed by atoms with E-state index in [1.165, 1.54) is 5.56 Å². The zero-order chi connectivity index (χ0) is 13.0. The fourth-order valence-electron chi connectivity index (χ4n) is 2.02. The molecular weight excluding hydrogens is 226 g/mol. The van der Waals surface area contributed by atoms with Crippen molar-refractivity contribution >= 4 is 5.97 Å². The van der Waals surface area contributed by atoms with Crippen LogP contribution >= 0.6 is 0 Å². The van der Waals surface area contributed by atoms with E-state index in [-0.39, 0.29) is 12.1 Å². The van der Waals surface area contributed by atoms with Crippen molar-refractivity contribution in [3.05, 3.63) is 47.7 Å². The molecule has 2 rings (SSSR count). The van der Waals surface area contributed by atoms with Crippen LogP contribution in [0.1, 0.15) is 25.8 Å². The van der Waals surface area contributed by atoms with Crippen LogP contribution in [0.5, 0.6) is 0 Å². The molecule has 96 valence electrons. The zero-order valence-corrected chi connectivity index (χ0v) is 10.8. The lowest BCUT2D eigenvalue weighted by atomic mass is 9.99. The highest BCUT2D eigenvalue weighted by molar-refractivity contribution is 5.85. The largest absolute Gasteiger partial charge is 0.452 e. The van der Waals surface area contributed by atoms with Crippen LogP contribution < -0.4 is 5.32 Å². The maximum absolute atomic E-state index is 11.4. The number of esters is 1. The van der Waals surface area contributed by atoms with Crippen molar-refractivity contribution in [3.63, 3.8) is 0 Å². The second-order valence-electron chi connectivity index (χ2n) is 4.68. The molecule has 3 nitrogen and oxygen atoms in total. The van der Waals surface area contributed by atoms with Crippen LogP contribution in [-0.2, 0) is 16.1 Å². The first-order valence-corrected chi connectivity index (χ1v) is 6.40. The summed E-state index contributed by atoms with van der Waals surface area (Å²) in [5.74, 6) is 0.0989. The third-order valence-corrected chi connectivity index (χ3v) is 3.32. The number of rotatable bonds is 5. The van der Waals surface area contributed by atoms with Gasteiger partial charge in [0.15, 0.2) is 0 Å². The Morgan fingerprint density at radius 2 is 2.06 bits per heavy atom. The van der Waals surface area contributed by atoms with Gasteiger partial charge in [0.05, 0.1) is 5.70 Å². The molecule has 0 radical (unpaired) electrons. The summed E-state index contributed by atoms with van der Waals surface area (Å²) >= 11 is 0. The number of carbonyl (C=O) groups is 1. The van der Waals surface area contributed by atoms with E-state index in [2.05, 4.69) is 31.3 Å². The molecule has 2 atom stereocenters. The van der Waals surface area contributed by atoms with Gasteiger partial charge in [-0.2, -0.15) is 0 Å². The van der Waals surface area contributed by atoms with Gasteiger partial charge in [-0.25, -0.2) is 4.79 Å². The van der Waals surface area contributed by atoms with Crippen molar-refractivity contribution in [1.82, 2.24) is 5.32 Å². The lowest BCUT2D eigenvalue weighted by Crippen LogP contribution is -2.28. The number of ether oxygens (including phenoxy) is 1. The monoisotopic (exact) mass is 245 g/mol. The van der Waals surface area contributed by atoms with E-state index in [0.29, 0.717) is 5.92 Å². The summed E-state index contributed by atoms with van der Waals surface area (Å²) in [6.07, 6.45) is 2.44. The van der Waals surface area contributed by atoms with Crippen LogP contribution in [0.25, 0.3) is 0 Å². The van der Waals surface area contributed by atoms with Crippen LogP contribution in [-0.4, -0.2) is 12.1 Å². The molecule has 1 aliphatic rings. The minimum atomic E-state index is -0.240. The number of cyclic esters (lactones) is 1. The molecule has 1 aromatic rings. The molecule has 1 aliphatic heterocycles. The highest BCUT2D eigenvalue weighted by Crippen LogP contribution is 2.23. The molecule has 0 saturated carbocycles. The summed E-state index contributed by atoms with van der Waals surface area (Å²) in [7, 11) is 0. The Balaban J connectivity index is 1.99. The van der Waals surface area contributed by atoms with Gasteiger partial charge >= 0.3 is 5.97 Å². The van der Waals surface area contributed by atoms with Gasteiger partial charge in [-0.3, -0.25) is 0 Å². The van der Waals surface area contributed by atoms with Gasteiger partial charge in [-0.05, 0) is 17.9 Å². The Kier molecular flexibility index (Phi) is 4.03. The average Bonchev–Trinajstić information content (AvgIpc) is 2.78. The van der Waals surface area contributed by atoms with E-state index in [9.17, 15) is 4.79 Å². The van der Waals surface area contributed by atoms with Crippen LogP contribution in [0.3, 0.4) is 0 Å². The fraction of sp³-hybridized carbons (Fsp3) is 0.400. The topological polar surface area (TPSA) is 38.3 Å². The van der Waals surface area contributed by atoms with Gasteiger partial charge in [0, 0.05) is 12.6 Å². The molecule has 0 amide bonds. The Hall–Kier alpha value is -1.77. The van der Waals surface area contributed by atoms with Crippen molar-refractivity contribution in [2.45, 2.75) is 32.9 Å². The lowest BCUT2D eigenvalue weighted by Gasteiger charge is -2.21. The molecule has 0 spiro atoms. The van der Waals surface area contributed by atoms with Gasteiger partial charge in [0.2, 0.25) is 0 Å². The zero-order valence-electron chi connectivity index (χ0n) is 10.8. The molecule has 1 N–H and O–H groups in total. The average molecular weight is 245 g/mol.